The Labute approximate surface area is 356 Å². The molecule has 2 N–H and O–H groups in total. The number of hydrogen-bond acceptors (Lipinski definition) is 3. The van der Waals surface area contributed by atoms with Crippen LogP contribution in [0.1, 0.15) is 11.1 Å². The molecule has 0 heterocycles. The summed E-state index contributed by atoms with van der Waals surface area (Å²) in [5.74, 6) is 0.645. The van der Waals surface area contributed by atoms with E-state index in [1.54, 1.807) is 0 Å². The normalized spacial score (nSPS) is 11.1. The molecule has 3 nitrogen and oxygen atoms in total. The van der Waals surface area contributed by atoms with Crippen molar-refractivity contribution in [2.45, 2.75) is 6.61 Å². The van der Waals surface area contributed by atoms with Crippen molar-refractivity contribution in [3.8, 4) is 78.6 Å². The van der Waals surface area contributed by atoms with Gasteiger partial charge in [-0.15, -0.1) is 0 Å². The van der Waals surface area contributed by atoms with Gasteiger partial charge in [-0.2, -0.15) is 5.26 Å². The summed E-state index contributed by atoms with van der Waals surface area (Å²) in [6.45, 7) is 0.366. The number of nitrogen functional groups attached to an aromatic ring is 1. The molecular weight excluding hydrogens is 741 g/mol. The molecule has 0 radical (unpaired) electrons. The lowest BCUT2D eigenvalue weighted by molar-refractivity contribution is 0.308. The molecule has 0 saturated heterocycles. The largest absolute Gasteiger partial charge is 0.487 e. The molecule has 0 saturated carbocycles. The van der Waals surface area contributed by atoms with Gasteiger partial charge in [-0.3, -0.25) is 0 Å². The van der Waals surface area contributed by atoms with Crippen molar-refractivity contribution in [3.05, 3.63) is 230 Å². The third-order valence-electron chi connectivity index (χ3n) is 11.7. The molecule has 0 unspecified atom stereocenters. The molecule has 0 aliphatic rings. The van der Waals surface area contributed by atoms with Gasteiger partial charge in [0.15, 0.2) is 0 Å². The molecule has 0 amide bonds. The third-order valence-corrected chi connectivity index (χ3v) is 11.7. The average molecular weight is 781 g/mol. The minimum absolute atomic E-state index is 0.366. The van der Waals surface area contributed by atoms with Gasteiger partial charge >= 0.3 is 0 Å². The Morgan fingerprint density at radius 2 is 0.770 bits per heavy atom. The summed E-state index contributed by atoms with van der Waals surface area (Å²) >= 11 is 0. The zero-order valence-corrected chi connectivity index (χ0v) is 33.4. The van der Waals surface area contributed by atoms with E-state index >= 15 is 0 Å². The predicted octanol–water partition coefficient (Wildman–Crippen LogP) is 15.0. The van der Waals surface area contributed by atoms with Crippen molar-refractivity contribution in [2.24, 2.45) is 0 Å². The number of nitriles is 1. The Morgan fingerprint density at radius 1 is 0.377 bits per heavy atom. The first-order chi connectivity index (χ1) is 30.1. The molecule has 0 bridgehead atoms. The van der Waals surface area contributed by atoms with Gasteiger partial charge < -0.3 is 10.5 Å². The van der Waals surface area contributed by atoms with E-state index in [0.717, 1.165) is 55.6 Å². The summed E-state index contributed by atoms with van der Waals surface area (Å²) in [5, 5.41) is 14.1. The van der Waals surface area contributed by atoms with Crippen molar-refractivity contribution >= 4 is 27.2 Å². The molecule has 288 valence electrons. The SMILES string of the molecule is N#Cc1ccc(-c2ccc(-c3ccc(COc4cc(-c5ccc(-c6cccc7ccccc67)cc5)cc(-c5ccc(-c6cccc7ccccc67)cc5)c4N)cc3)cc2)cc1. The van der Waals surface area contributed by atoms with Crippen LogP contribution in [-0.4, -0.2) is 0 Å². The van der Waals surface area contributed by atoms with E-state index in [4.69, 9.17) is 15.7 Å². The number of nitrogens with zero attached hydrogens (tertiary/aromatic N) is 1. The van der Waals surface area contributed by atoms with Gasteiger partial charge in [0.1, 0.15) is 12.4 Å². The molecule has 3 heteroatoms. The zero-order chi connectivity index (χ0) is 41.1. The van der Waals surface area contributed by atoms with E-state index in [1.165, 1.54) is 38.2 Å². The zero-order valence-electron chi connectivity index (χ0n) is 33.4. The fourth-order valence-corrected chi connectivity index (χ4v) is 8.32. The molecule has 10 rings (SSSR count). The first kappa shape index (κ1) is 37.1. The molecule has 10 aromatic rings. The fourth-order valence-electron chi connectivity index (χ4n) is 8.32. The van der Waals surface area contributed by atoms with Crippen LogP contribution in [0.3, 0.4) is 0 Å². The Hall–Kier alpha value is -8.19. The predicted molar refractivity (Wildman–Crippen MR) is 254 cm³/mol. The Morgan fingerprint density at radius 3 is 1.26 bits per heavy atom. The highest BCUT2D eigenvalue weighted by molar-refractivity contribution is 5.98. The van der Waals surface area contributed by atoms with Crippen molar-refractivity contribution in [1.82, 2.24) is 0 Å². The van der Waals surface area contributed by atoms with Crippen molar-refractivity contribution in [1.29, 1.82) is 5.26 Å². The molecule has 0 atom stereocenters. The monoisotopic (exact) mass is 780 g/mol. The van der Waals surface area contributed by atoms with Crippen LogP contribution in [0.2, 0.25) is 0 Å². The molecule has 0 aromatic heterocycles. The molecule has 61 heavy (non-hydrogen) atoms. The first-order valence-corrected chi connectivity index (χ1v) is 20.5. The minimum Gasteiger partial charge on any atom is -0.487 e. The highest BCUT2D eigenvalue weighted by atomic mass is 16.5. The lowest BCUT2D eigenvalue weighted by atomic mass is 9.93. The van der Waals surface area contributed by atoms with Crippen LogP contribution in [0.4, 0.5) is 5.69 Å². The van der Waals surface area contributed by atoms with Crippen LogP contribution in [0.15, 0.2) is 218 Å². The average Bonchev–Trinajstić information content (AvgIpc) is 3.34. The number of nitrogens with two attached hydrogens (primary N) is 1. The highest BCUT2D eigenvalue weighted by Gasteiger charge is 2.15. The lowest BCUT2D eigenvalue weighted by Gasteiger charge is -2.17. The summed E-state index contributed by atoms with van der Waals surface area (Å²) in [7, 11) is 0. The molecule has 0 aliphatic heterocycles. The minimum atomic E-state index is 0.366. The van der Waals surface area contributed by atoms with Crippen LogP contribution < -0.4 is 10.5 Å². The number of hydrogen-bond donors (Lipinski definition) is 1. The quantitative estimate of drug-likeness (QED) is 0.148. The highest BCUT2D eigenvalue weighted by Crippen LogP contribution is 2.41. The standard InChI is InChI=1S/C58H40N2O/c59-37-39-15-19-41(20-16-39)43-23-25-44(26-24-43)42-21-17-40(18-22-42)38-61-57-36-51(45-27-29-48(30-28-45)54-13-5-9-46-7-1-3-11-52(46)54)35-56(58(57)60)50-33-31-49(32-34-50)55-14-6-10-47-8-2-4-12-53(47)55/h1-36H,38,60H2. The summed E-state index contributed by atoms with van der Waals surface area (Å²) < 4.78 is 6.61. The third kappa shape index (κ3) is 7.51. The van der Waals surface area contributed by atoms with E-state index in [9.17, 15) is 0 Å². The van der Waals surface area contributed by atoms with E-state index in [-0.39, 0.29) is 0 Å². The van der Waals surface area contributed by atoms with Crippen molar-refractivity contribution in [3.63, 3.8) is 0 Å². The second-order valence-electron chi connectivity index (χ2n) is 15.4. The molecular formula is C58H40N2O. The van der Waals surface area contributed by atoms with Crippen LogP contribution in [0, 0.1) is 11.3 Å². The van der Waals surface area contributed by atoms with Gasteiger partial charge in [-0.25, -0.2) is 0 Å². The topological polar surface area (TPSA) is 59.0 Å². The second kappa shape index (κ2) is 16.2. The van der Waals surface area contributed by atoms with Crippen LogP contribution >= 0.6 is 0 Å². The van der Waals surface area contributed by atoms with Crippen molar-refractivity contribution < 1.29 is 4.74 Å². The molecule has 0 spiro atoms. The summed E-state index contributed by atoms with van der Waals surface area (Å²) in [5.41, 5.74) is 22.6. The fraction of sp³-hybridized carbons (Fsp3) is 0.0172. The summed E-state index contributed by atoms with van der Waals surface area (Å²) in [6.07, 6.45) is 0. The number of benzene rings is 10. The second-order valence-corrected chi connectivity index (χ2v) is 15.4. The van der Waals surface area contributed by atoms with Gasteiger partial charge in [0, 0.05) is 5.56 Å². The molecule has 0 aliphatic carbocycles. The number of anilines is 1. The van der Waals surface area contributed by atoms with Gasteiger partial charge in [0.05, 0.1) is 17.3 Å². The Bertz CT molecular complexity index is 3200. The number of rotatable bonds is 9. The van der Waals surface area contributed by atoms with E-state index in [0.29, 0.717) is 23.6 Å². The van der Waals surface area contributed by atoms with E-state index in [2.05, 4.69) is 200 Å². The first-order valence-electron chi connectivity index (χ1n) is 20.5. The van der Waals surface area contributed by atoms with Crippen molar-refractivity contribution in [2.75, 3.05) is 5.73 Å². The maximum atomic E-state index is 9.15. The van der Waals surface area contributed by atoms with E-state index in [1.807, 2.05) is 24.3 Å². The number of fused-ring (bicyclic) bond motifs is 2. The Kier molecular flexibility index (Phi) is 9.87. The maximum absolute atomic E-state index is 9.15. The van der Waals surface area contributed by atoms with Gasteiger partial charge in [-0.1, -0.05) is 194 Å². The lowest BCUT2D eigenvalue weighted by Crippen LogP contribution is -2.01. The van der Waals surface area contributed by atoms with Gasteiger partial charge in [-0.05, 0) is 113 Å². The Balaban J connectivity index is 0.949. The summed E-state index contributed by atoms with van der Waals surface area (Å²) in [6, 6.07) is 78.6. The molecule has 10 aromatic carbocycles. The van der Waals surface area contributed by atoms with Gasteiger partial charge in [0.2, 0.25) is 0 Å². The summed E-state index contributed by atoms with van der Waals surface area (Å²) in [4.78, 5) is 0. The van der Waals surface area contributed by atoms with E-state index < -0.39 is 0 Å². The smallest absolute Gasteiger partial charge is 0.143 e. The molecule has 0 fully saturated rings. The maximum Gasteiger partial charge on any atom is 0.143 e. The van der Waals surface area contributed by atoms with Gasteiger partial charge in [0.25, 0.3) is 0 Å². The van der Waals surface area contributed by atoms with Crippen LogP contribution in [0.25, 0.3) is 88.3 Å². The number of ether oxygens (including phenoxy) is 1. The van der Waals surface area contributed by atoms with Crippen LogP contribution in [0.5, 0.6) is 5.75 Å². The van der Waals surface area contributed by atoms with Crippen LogP contribution in [-0.2, 0) is 6.61 Å².